The van der Waals surface area contributed by atoms with Gasteiger partial charge in [-0.15, -0.1) is 0 Å². The first-order valence-electron chi connectivity index (χ1n) is 8.44. The van der Waals surface area contributed by atoms with Crippen molar-refractivity contribution in [2.24, 2.45) is 0 Å². The fraction of sp³-hybridized carbons (Fsp3) is 0.471. The summed E-state index contributed by atoms with van der Waals surface area (Å²) < 4.78 is 26.8. The molecule has 0 bridgehead atoms. The van der Waals surface area contributed by atoms with E-state index in [2.05, 4.69) is 5.32 Å². The standard InChI is InChI=1S/C17H23N3O5S/c1-4-19(5-2)26(24,25)14-10-13(7-6-12(14)3)18-15(21)11-20-16(22)8-9-17(20)23/h6-7,10H,4-5,8-9,11H2,1-3H3,(H,18,21). The van der Waals surface area contributed by atoms with Gasteiger partial charge in [0.25, 0.3) is 0 Å². The lowest BCUT2D eigenvalue weighted by molar-refractivity contribution is -0.141. The fourth-order valence-corrected chi connectivity index (χ4v) is 4.51. The summed E-state index contributed by atoms with van der Waals surface area (Å²) in [6.07, 6.45) is 0.228. The van der Waals surface area contributed by atoms with Crippen LogP contribution in [0, 0.1) is 6.92 Å². The molecule has 1 N–H and O–H groups in total. The molecule has 1 saturated heterocycles. The number of nitrogens with zero attached hydrogens (tertiary/aromatic N) is 2. The first kappa shape index (κ1) is 20.1. The molecule has 1 aromatic rings. The maximum absolute atomic E-state index is 12.7. The van der Waals surface area contributed by atoms with E-state index in [4.69, 9.17) is 0 Å². The van der Waals surface area contributed by atoms with Gasteiger partial charge in [0.15, 0.2) is 0 Å². The van der Waals surface area contributed by atoms with Gasteiger partial charge in [-0.05, 0) is 24.6 Å². The first-order valence-corrected chi connectivity index (χ1v) is 9.88. The molecule has 0 spiro atoms. The summed E-state index contributed by atoms with van der Waals surface area (Å²) in [5, 5.41) is 2.56. The van der Waals surface area contributed by atoms with Crippen LogP contribution in [0.25, 0.3) is 0 Å². The van der Waals surface area contributed by atoms with Crippen molar-refractivity contribution in [1.82, 2.24) is 9.21 Å². The van der Waals surface area contributed by atoms with Crippen LogP contribution in [-0.4, -0.2) is 55.0 Å². The molecule has 0 atom stereocenters. The third-order valence-corrected chi connectivity index (χ3v) is 6.44. The molecule has 8 nitrogen and oxygen atoms in total. The summed E-state index contributed by atoms with van der Waals surface area (Å²) in [5.74, 6) is -1.30. The average Bonchev–Trinajstić information content (AvgIpc) is 2.89. The van der Waals surface area contributed by atoms with Crippen molar-refractivity contribution in [3.8, 4) is 0 Å². The molecule has 0 aliphatic carbocycles. The maximum Gasteiger partial charge on any atom is 0.244 e. The van der Waals surface area contributed by atoms with E-state index in [1.165, 1.54) is 10.4 Å². The Kier molecular flexibility index (Phi) is 6.14. The van der Waals surface area contributed by atoms with Gasteiger partial charge in [0.2, 0.25) is 27.7 Å². The number of anilines is 1. The minimum atomic E-state index is -3.67. The van der Waals surface area contributed by atoms with Crippen molar-refractivity contribution in [2.45, 2.75) is 38.5 Å². The van der Waals surface area contributed by atoms with Crippen LogP contribution in [0.5, 0.6) is 0 Å². The molecule has 2 rings (SSSR count). The van der Waals surface area contributed by atoms with Gasteiger partial charge in [0.1, 0.15) is 6.54 Å². The number of sulfonamides is 1. The summed E-state index contributed by atoms with van der Waals surface area (Å²) in [5.41, 5.74) is 0.866. The SMILES string of the molecule is CCN(CC)S(=O)(=O)c1cc(NC(=O)CN2C(=O)CCC2=O)ccc1C. The summed E-state index contributed by atoms with van der Waals surface area (Å²) >= 11 is 0. The van der Waals surface area contributed by atoms with E-state index in [9.17, 15) is 22.8 Å². The summed E-state index contributed by atoms with van der Waals surface area (Å²) in [6.45, 7) is 5.51. The first-order chi connectivity index (χ1) is 12.2. The number of carbonyl (C=O) groups excluding carboxylic acids is 3. The van der Waals surface area contributed by atoms with Crippen LogP contribution in [0.2, 0.25) is 0 Å². The Hall–Kier alpha value is -2.26. The molecule has 0 aromatic heterocycles. The molecule has 26 heavy (non-hydrogen) atoms. The highest BCUT2D eigenvalue weighted by molar-refractivity contribution is 7.89. The summed E-state index contributed by atoms with van der Waals surface area (Å²) in [7, 11) is -3.67. The Labute approximate surface area is 153 Å². The second-order valence-electron chi connectivity index (χ2n) is 5.99. The lowest BCUT2D eigenvalue weighted by Gasteiger charge is -2.20. The normalized spacial score (nSPS) is 15.0. The molecule has 1 aromatic carbocycles. The fourth-order valence-electron chi connectivity index (χ4n) is 2.80. The van der Waals surface area contributed by atoms with Crippen molar-refractivity contribution in [1.29, 1.82) is 0 Å². The van der Waals surface area contributed by atoms with Gasteiger partial charge in [-0.3, -0.25) is 19.3 Å². The molecular weight excluding hydrogens is 358 g/mol. The van der Waals surface area contributed by atoms with Gasteiger partial charge in [0, 0.05) is 31.6 Å². The zero-order chi connectivity index (χ0) is 19.5. The number of hydrogen-bond acceptors (Lipinski definition) is 5. The van der Waals surface area contributed by atoms with Crippen molar-refractivity contribution < 1.29 is 22.8 Å². The van der Waals surface area contributed by atoms with Crippen LogP contribution in [0.15, 0.2) is 23.1 Å². The third kappa shape index (κ3) is 4.10. The molecule has 0 saturated carbocycles. The van der Waals surface area contributed by atoms with Crippen LogP contribution in [0.4, 0.5) is 5.69 Å². The highest BCUT2D eigenvalue weighted by atomic mass is 32.2. The number of hydrogen-bond donors (Lipinski definition) is 1. The van der Waals surface area contributed by atoms with Gasteiger partial charge in [-0.1, -0.05) is 19.9 Å². The zero-order valence-electron chi connectivity index (χ0n) is 15.1. The monoisotopic (exact) mass is 381 g/mol. The lowest BCUT2D eigenvalue weighted by Crippen LogP contribution is -2.37. The molecule has 142 valence electrons. The molecule has 1 fully saturated rings. The molecule has 9 heteroatoms. The maximum atomic E-state index is 12.7. The number of likely N-dealkylation sites (tertiary alicyclic amines) is 1. The van der Waals surface area contributed by atoms with Gasteiger partial charge in [0.05, 0.1) is 4.90 Å². The third-order valence-electron chi connectivity index (χ3n) is 4.25. The number of rotatable bonds is 7. The topological polar surface area (TPSA) is 104 Å². The van der Waals surface area contributed by atoms with Gasteiger partial charge >= 0.3 is 0 Å². The Morgan fingerprint density at radius 3 is 2.27 bits per heavy atom. The highest BCUT2D eigenvalue weighted by Crippen LogP contribution is 2.23. The Balaban J connectivity index is 2.20. The van der Waals surface area contributed by atoms with Crippen LogP contribution in [0.1, 0.15) is 32.3 Å². The van der Waals surface area contributed by atoms with E-state index < -0.39 is 15.9 Å². The lowest BCUT2D eigenvalue weighted by atomic mass is 10.2. The van der Waals surface area contributed by atoms with Gasteiger partial charge < -0.3 is 5.32 Å². The number of amides is 3. The largest absolute Gasteiger partial charge is 0.324 e. The number of imide groups is 1. The van der Waals surface area contributed by atoms with E-state index in [1.54, 1.807) is 32.9 Å². The molecule has 1 aliphatic heterocycles. The number of nitrogens with one attached hydrogen (secondary N) is 1. The van der Waals surface area contributed by atoms with Crippen LogP contribution < -0.4 is 5.32 Å². The molecule has 1 heterocycles. The van der Waals surface area contributed by atoms with Crippen molar-refractivity contribution in [3.05, 3.63) is 23.8 Å². The molecule has 0 radical (unpaired) electrons. The molecule has 1 aliphatic rings. The Morgan fingerprint density at radius 1 is 1.15 bits per heavy atom. The second kappa shape index (κ2) is 7.96. The van der Waals surface area contributed by atoms with E-state index >= 15 is 0 Å². The van der Waals surface area contributed by atoms with E-state index in [0.29, 0.717) is 24.3 Å². The smallest absolute Gasteiger partial charge is 0.244 e. The molecular formula is C17H23N3O5S. The molecule has 0 unspecified atom stereocenters. The van der Waals surface area contributed by atoms with E-state index in [-0.39, 0.29) is 36.1 Å². The quantitative estimate of drug-likeness (QED) is 0.713. The van der Waals surface area contributed by atoms with Gasteiger partial charge in [-0.25, -0.2) is 8.42 Å². The van der Waals surface area contributed by atoms with Gasteiger partial charge in [-0.2, -0.15) is 4.31 Å². The number of aryl methyl sites for hydroxylation is 1. The zero-order valence-corrected chi connectivity index (χ0v) is 15.9. The van der Waals surface area contributed by atoms with Crippen molar-refractivity contribution in [2.75, 3.05) is 25.0 Å². The Bertz CT molecular complexity index is 815. The van der Waals surface area contributed by atoms with Crippen LogP contribution in [0.3, 0.4) is 0 Å². The molecule has 3 amide bonds. The minimum absolute atomic E-state index is 0.114. The number of benzene rings is 1. The Morgan fingerprint density at radius 2 is 1.73 bits per heavy atom. The average molecular weight is 381 g/mol. The van der Waals surface area contributed by atoms with Crippen molar-refractivity contribution in [3.63, 3.8) is 0 Å². The van der Waals surface area contributed by atoms with E-state index in [0.717, 1.165) is 4.90 Å². The van der Waals surface area contributed by atoms with Crippen LogP contribution >= 0.6 is 0 Å². The second-order valence-corrected chi connectivity index (χ2v) is 7.90. The summed E-state index contributed by atoms with van der Waals surface area (Å²) in [6, 6.07) is 4.59. The summed E-state index contributed by atoms with van der Waals surface area (Å²) in [4.78, 5) is 36.3. The number of carbonyl (C=O) groups is 3. The predicted octanol–water partition coefficient (Wildman–Crippen LogP) is 1.11. The highest BCUT2D eigenvalue weighted by Gasteiger charge is 2.30. The minimum Gasteiger partial charge on any atom is -0.324 e. The van der Waals surface area contributed by atoms with Crippen molar-refractivity contribution >= 4 is 33.4 Å². The van der Waals surface area contributed by atoms with E-state index in [1.807, 2.05) is 0 Å². The van der Waals surface area contributed by atoms with Crippen LogP contribution in [-0.2, 0) is 24.4 Å². The predicted molar refractivity (Wildman–Crippen MR) is 95.9 cm³/mol.